The number of rotatable bonds is 6. The molecule has 2 aromatic carbocycles. The molecule has 0 bridgehead atoms. The Morgan fingerprint density at radius 3 is 2.12 bits per heavy atom. The molecule has 0 spiro atoms. The number of phenolic OH excluding ortho intramolecular Hbond substituents is 1. The molecule has 8 heteroatoms. The van der Waals surface area contributed by atoms with Gasteiger partial charge in [0.2, 0.25) is 5.75 Å². The first-order valence-corrected chi connectivity index (χ1v) is 8.42. The van der Waals surface area contributed by atoms with Gasteiger partial charge in [0.1, 0.15) is 0 Å². The molecule has 24 heavy (non-hydrogen) atoms. The van der Waals surface area contributed by atoms with Crippen molar-refractivity contribution in [2.24, 2.45) is 5.10 Å². The third kappa shape index (κ3) is 3.96. The Bertz CT molecular complexity index is 820. The fraction of sp³-hybridized carbons (Fsp3) is 0.188. The average molecular weight is 350 g/mol. The highest BCUT2D eigenvalue weighted by molar-refractivity contribution is 7.89. The topological polar surface area (TPSA) is 97.2 Å². The van der Waals surface area contributed by atoms with Gasteiger partial charge in [-0.2, -0.15) is 13.5 Å². The highest BCUT2D eigenvalue weighted by Gasteiger charge is 2.13. The second kappa shape index (κ2) is 7.22. The summed E-state index contributed by atoms with van der Waals surface area (Å²) in [6, 6.07) is 9.41. The van der Waals surface area contributed by atoms with Crippen molar-refractivity contribution in [3.05, 3.63) is 47.5 Å². The van der Waals surface area contributed by atoms with E-state index in [2.05, 4.69) is 9.93 Å². The Labute approximate surface area is 140 Å². The second-order valence-corrected chi connectivity index (χ2v) is 6.60. The van der Waals surface area contributed by atoms with E-state index >= 15 is 0 Å². The number of hydrazone groups is 1. The fourth-order valence-electron chi connectivity index (χ4n) is 1.93. The van der Waals surface area contributed by atoms with Crippen LogP contribution in [-0.4, -0.2) is 34.0 Å². The lowest BCUT2D eigenvalue weighted by atomic mass is 10.2. The molecule has 2 N–H and O–H groups in total. The van der Waals surface area contributed by atoms with Gasteiger partial charge in [-0.1, -0.05) is 17.7 Å². The van der Waals surface area contributed by atoms with Gasteiger partial charge >= 0.3 is 0 Å². The standard InChI is InChI=1S/C16H18N2O5S/c1-11-4-6-13(7-5-11)24(20,21)18-17-10-12-8-14(22-2)16(19)15(9-12)23-3/h4-10,18-19H,1-3H3/b17-10-. The summed E-state index contributed by atoms with van der Waals surface area (Å²) in [5.41, 5.74) is 1.45. The van der Waals surface area contributed by atoms with Gasteiger partial charge in [0.15, 0.2) is 11.5 Å². The zero-order valence-corrected chi connectivity index (χ0v) is 14.3. The third-order valence-electron chi connectivity index (χ3n) is 3.22. The Hall–Kier alpha value is -2.74. The minimum absolute atomic E-state index is 0.117. The number of phenols is 1. The quantitative estimate of drug-likeness (QED) is 0.614. The Balaban J connectivity index is 2.21. The van der Waals surface area contributed by atoms with Crippen LogP contribution in [-0.2, 0) is 10.0 Å². The van der Waals surface area contributed by atoms with Crippen molar-refractivity contribution in [2.75, 3.05) is 14.2 Å². The van der Waals surface area contributed by atoms with E-state index < -0.39 is 10.0 Å². The normalized spacial score (nSPS) is 11.5. The van der Waals surface area contributed by atoms with Crippen molar-refractivity contribution < 1.29 is 23.0 Å². The molecule has 0 aliphatic carbocycles. The first-order chi connectivity index (χ1) is 11.4. The number of aryl methyl sites for hydroxylation is 1. The molecule has 0 aromatic heterocycles. The molecule has 128 valence electrons. The molecule has 0 atom stereocenters. The number of nitrogens with zero attached hydrogens (tertiary/aromatic N) is 1. The van der Waals surface area contributed by atoms with Crippen LogP contribution in [0.5, 0.6) is 17.2 Å². The van der Waals surface area contributed by atoms with Crippen molar-refractivity contribution >= 4 is 16.2 Å². The molecular weight excluding hydrogens is 332 g/mol. The molecule has 0 unspecified atom stereocenters. The highest BCUT2D eigenvalue weighted by Crippen LogP contribution is 2.36. The molecule has 0 aliphatic rings. The van der Waals surface area contributed by atoms with E-state index in [1.54, 1.807) is 12.1 Å². The van der Waals surface area contributed by atoms with Crippen LogP contribution in [0.25, 0.3) is 0 Å². The van der Waals surface area contributed by atoms with E-state index in [1.807, 2.05) is 6.92 Å². The lowest BCUT2D eigenvalue weighted by Crippen LogP contribution is -2.18. The summed E-state index contributed by atoms with van der Waals surface area (Å²) in [5.74, 6) is 0.242. The van der Waals surface area contributed by atoms with Crippen LogP contribution in [0.3, 0.4) is 0 Å². The third-order valence-corrected chi connectivity index (χ3v) is 4.46. The van der Waals surface area contributed by atoms with Crippen molar-refractivity contribution in [2.45, 2.75) is 11.8 Å². The Kier molecular flexibility index (Phi) is 5.30. The van der Waals surface area contributed by atoms with Gasteiger partial charge in [-0.05, 0) is 31.2 Å². The monoisotopic (exact) mass is 350 g/mol. The van der Waals surface area contributed by atoms with E-state index in [1.165, 1.54) is 44.7 Å². The SMILES string of the molecule is COc1cc(/C=N\NS(=O)(=O)c2ccc(C)cc2)cc(OC)c1O. The predicted octanol–water partition coefficient (Wildman–Crippen LogP) is 2.03. The fourth-order valence-corrected chi connectivity index (χ4v) is 2.72. The zero-order valence-electron chi connectivity index (χ0n) is 13.5. The van der Waals surface area contributed by atoms with Crippen molar-refractivity contribution in [1.29, 1.82) is 0 Å². The number of benzene rings is 2. The lowest BCUT2D eigenvalue weighted by molar-refractivity contribution is 0.340. The molecule has 0 heterocycles. The number of aromatic hydroxyl groups is 1. The molecule has 0 fully saturated rings. The number of hydrogen-bond donors (Lipinski definition) is 2. The summed E-state index contributed by atoms with van der Waals surface area (Å²) in [7, 11) is -0.950. The smallest absolute Gasteiger partial charge is 0.276 e. The first kappa shape index (κ1) is 17.6. The largest absolute Gasteiger partial charge is 0.502 e. The van der Waals surface area contributed by atoms with E-state index in [9.17, 15) is 13.5 Å². The summed E-state index contributed by atoms with van der Waals surface area (Å²) in [5, 5.41) is 13.6. The number of ether oxygens (including phenoxy) is 2. The van der Waals surface area contributed by atoms with E-state index in [-0.39, 0.29) is 22.1 Å². The van der Waals surface area contributed by atoms with E-state index in [0.717, 1.165) is 5.56 Å². The molecule has 2 aromatic rings. The predicted molar refractivity (Wildman–Crippen MR) is 90.3 cm³/mol. The maximum atomic E-state index is 12.1. The minimum Gasteiger partial charge on any atom is -0.502 e. The Morgan fingerprint density at radius 2 is 1.62 bits per heavy atom. The van der Waals surface area contributed by atoms with Gasteiger partial charge in [-0.15, -0.1) is 0 Å². The van der Waals surface area contributed by atoms with Crippen LogP contribution in [0.15, 0.2) is 46.4 Å². The average Bonchev–Trinajstić information content (AvgIpc) is 2.56. The van der Waals surface area contributed by atoms with Crippen LogP contribution in [0.1, 0.15) is 11.1 Å². The lowest BCUT2D eigenvalue weighted by Gasteiger charge is -2.09. The van der Waals surface area contributed by atoms with Crippen LogP contribution in [0.4, 0.5) is 0 Å². The van der Waals surface area contributed by atoms with E-state index in [0.29, 0.717) is 5.56 Å². The summed E-state index contributed by atoms with van der Waals surface area (Å²) < 4.78 is 34.3. The van der Waals surface area contributed by atoms with Gasteiger partial charge in [0.25, 0.3) is 10.0 Å². The van der Waals surface area contributed by atoms with Crippen LogP contribution in [0.2, 0.25) is 0 Å². The van der Waals surface area contributed by atoms with Gasteiger partial charge < -0.3 is 14.6 Å². The molecule has 2 rings (SSSR count). The zero-order chi connectivity index (χ0) is 17.7. The van der Waals surface area contributed by atoms with Gasteiger partial charge in [0.05, 0.1) is 25.3 Å². The summed E-state index contributed by atoms with van der Waals surface area (Å²) in [6.45, 7) is 1.87. The van der Waals surface area contributed by atoms with Crippen LogP contribution in [0, 0.1) is 6.92 Å². The second-order valence-electron chi connectivity index (χ2n) is 4.94. The molecule has 7 nitrogen and oxygen atoms in total. The summed E-state index contributed by atoms with van der Waals surface area (Å²) in [6.07, 6.45) is 1.29. The molecule has 0 radical (unpaired) electrons. The number of sulfonamides is 1. The first-order valence-electron chi connectivity index (χ1n) is 6.94. The molecule has 0 amide bonds. The molecule has 0 aliphatic heterocycles. The van der Waals surface area contributed by atoms with Crippen molar-refractivity contribution in [1.82, 2.24) is 4.83 Å². The minimum atomic E-state index is -3.75. The summed E-state index contributed by atoms with van der Waals surface area (Å²) >= 11 is 0. The van der Waals surface area contributed by atoms with Crippen LogP contribution >= 0.6 is 0 Å². The van der Waals surface area contributed by atoms with Gasteiger partial charge in [-0.3, -0.25) is 0 Å². The maximum absolute atomic E-state index is 12.1. The molecule has 0 saturated carbocycles. The van der Waals surface area contributed by atoms with Gasteiger partial charge in [-0.25, -0.2) is 4.83 Å². The maximum Gasteiger partial charge on any atom is 0.276 e. The van der Waals surface area contributed by atoms with Crippen molar-refractivity contribution in [3.8, 4) is 17.2 Å². The highest BCUT2D eigenvalue weighted by atomic mass is 32.2. The van der Waals surface area contributed by atoms with E-state index in [4.69, 9.17) is 9.47 Å². The van der Waals surface area contributed by atoms with Gasteiger partial charge in [0, 0.05) is 5.56 Å². The number of hydrogen-bond acceptors (Lipinski definition) is 6. The molecule has 0 saturated heterocycles. The number of methoxy groups -OCH3 is 2. The Morgan fingerprint density at radius 1 is 1.08 bits per heavy atom. The molecular formula is C16H18N2O5S. The van der Waals surface area contributed by atoms with Crippen LogP contribution < -0.4 is 14.3 Å². The number of nitrogens with one attached hydrogen (secondary N) is 1. The summed E-state index contributed by atoms with van der Waals surface area (Å²) in [4.78, 5) is 2.25. The van der Waals surface area contributed by atoms with Crippen molar-refractivity contribution in [3.63, 3.8) is 0 Å².